The van der Waals surface area contributed by atoms with Gasteiger partial charge in [-0.15, -0.1) is 0 Å². The quantitative estimate of drug-likeness (QED) is 0.932. The minimum absolute atomic E-state index is 0.203. The molecule has 2 rings (SSSR count). The lowest BCUT2D eigenvalue weighted by atomic mass is 10.1. The van der Waals surface area contributed by atoms with Crippen molar-refractivity contribution in [2.75, 3.05) is 11.4 Å². The van der Waals surface area contributed by atoms with Gasteiger partial charge in [-0.25, -0.2) is 8.42 Å². The Balaban J connectivity index is 2.37. The van der Waals surface area contributed by atoms with Crippen LogP contribution in [0.2, 0.25) is 0 Å². The van der Waals surface area contributed by atoms with Gasteiger partial charge in [-0.1, -0.05) is 19.1 Å². The van der Waals surface area contributed by atoms with Crippen LogP contribution in [0.15, 0.2) is 35.4 Å². The summed E-state index contributed by atoms with van der Waals surface area (Å²) < 4.78 is 26.1. The Morgan fingerprint density at radius 2 is 1.89 bits per heavy atom. The summed E-state index contributed by atoms with van der Waals surface area (Å²) in [4.78, 5) is 0.203. The summed E-state index contributed by atoms with van der Waals surface area (Å²) in [5.74, 6) is 0. The Hall–Kier alpha value is -1.82. The van der Waals surface area contributed by atoms with Gasteiger partial charge in [0.25, 0.3) is 10.0 Å². The zero-order valence-corrected chi connectivity index (χ0v) is 12.0. The monoisotopic (exact) mass is 279 g/mol. The van der Waals surface area contributed by atoms with Crippen molar-refractivity contribution in [1.82, 2.24) is 10.2 Å². The number of aromatic amines is 1. The molecule has 0 aliphatic heterocycles. The molecule has 0 atom stereocenters. The molecule has 19 heavy (non-hydrogen) atoms. The number of nitrogens with zero attached hydrogens (tertiary/aromatic N) is 2. The minimum atomic E-state index is -3.56. The van der Waals surface area contributed by atoms with Crippen LogP contribution >= 0.6 is 0 Å². The molecule has 0 saturated heterocycles. The average molecular weight is 279 g/mol. The molecule has 0 bridgehead atoms. The summed E-state index contributed by atoms with van der Waals surface area (Å²) in [6, 6.07) is 7.49. The van der Waals surface area contributed by atoms with Gasteiger partial charge in [0, 0.05) is 7.05 Å². The fourth-order valence-electron chi connectivity index (χ4n) is 1.83. The van der Waals surface area contributed by atoms with Crippen LogP contribution in [0.5, 0.6) is 0 Å². The molecule has 0 amide bonds. The highest BCUT2D eigenvalue weighted by molar-refractivity contribution is 7.92. The fraction of sp³-hybridized carbons (Fsp3) is 0.308. The van der Waals surface area contributed by atoms with Gasteiger partial charge in [0.15, 0.2) is 0 Å². The van der Waals surface area contributed by atoms with E-state index in [1.54, 1.807) is 14.0 Å². The fourth-order valence-corrected chi connectivity index (χ4v) is 3.14. The van der Waals surface area contributed by atoms with Crippen molar-refractivity contribution in [2.24, 2.45) is 0 Å². The number of H-pyrrole nitrogens is 1. The van der Waals surface area contributed by atoms with Crippen molar-refractivity contribution in [3.63, 3.8) is 0 Å². The minimum Gasteiger partial charge on any atom is -0.281 e. The van der Waals surface area contributed by atoms with E-state index in [0.29, 0.717) is 11.4 Å². The molecule has 1 N–H and O–H groups in total. The highest BCUT2D eigenvalue weighted by atomic mass is 32.2. The first-order valence-electron chi connectivity index (χ1n) is 6.04. The molecule has 102 valence electrons. The van der Waals surface area contributed by atoms with Crippen LogP contribution < -0.4 is 4.31 Å². The van der Waals surface area contributed by atoms with Crippen LogP contribution in [0.25, 0.3) is 0 Å². The van der Waals surface area contributed by atoms with Crippen LogP contribution in [0.1, 0.15) is 18.2 Å². The van der Waals surface area contributed by atoms with Crippen molar-refractivity contribution in [3.8, 4) is 0 Å². The van der Waals surface area contributed by atoms with Gasteiger partial charge in [0.1, 0.15) is 4.90 Å². The zero-order chi connectivity index (χ0) is 14.0. The van der Waals surface area contributed by atoms with Gasteiger partial charge < -0.3 is 0 Å². The van der Waals surface area contributed by atoms with Gasteiger partial charge in [0.05, 0.1) is 17.6 Å². The number of hydrogen-bond donors (Lipinski definition) is 1. The van der Waals surface area contributed by atoms with Crippen LogP contribution in [0, 0.1) is 6.92 Å². The molecular weight excluding hydrogens is 262 g/mol. The van der Waals surface area contributed by atoms with Crippen molar-refractivity contribution < 1.29 is 8.42 Å². The molecule has 6 heteroatoms. The van der Waals surface area contributed by atoms with E-state index in [9.17, 15) is 8.42 Å². The van der Waals surface area contributed by atoms with Crippen LogP contribution in [0.3, 0.4) is 0 Å². The first kappa shape index (κ1) is 13.6. The molecule has 1 aromatic heterocycles. The summed E-state index contributed by atoms with van der Waals surface area (Å²) >= 11 is 0. The smallest absolute Gasteiger partial charge is 0.267 e. The molecular formula is C13H17N3O2S. The second-order valence-electron chi connectivity index (χ2n) is 4.35. The molecule has 0 spiro atoms. The molecule has 2 aromatic rings. The van der Waals surface area contributed by atoms with Gasteiger partial charge in [-0.3, -0.25) is 9.40 Å². The van der Waals surface area contributed by atoms with E-state index in [2.05, 4.69) is 17.1 Å². The van der Waals surface area contributed by atoms with E-state index in [0.717, 1.165) is 6.42 Å². The highest BCUT2D eigenvalue weighted by Crippen LogP contribution is 2.23. The summed E-state index contributed by atoms with van der Waals surface area (Å²) in [6.45, 7) is 3.75. The lowest BCUT2D eigenvalue weighted by Crippen LogP contribution is -2.26. The summed E-state index contributed by atoms with van der Waals surface area (Å²) in [5, 5.41) is 6.40. The van der Waals surface area contributed by atoms with Gasteiger partial charge in [0.2, 0.25) is 0 Å². The Morgan fingerprint density at radius 1 is 1.26 bits per heavy atom. The number of rotatable bonds is 4. The third kappa shape index (κ3) is 2.49. The Kier molecular flexibility index (Phi) is 3.61. The second-order valence-corrected chi connectivity index (χ2v) is 6.29. The topological polar surface area (TPSA) is 66.1 Å². The first-order valence-corrected chi connectivity index (χ1v) is 7.48. The average Bonchev–Trinajstić information content (AvgIpc) is 2.85. The number of aromatic nitrogens is 2. The molecule has 0 aliphatic rings. The summed E-state index contributed by atoms with van der Waals surface area (Å²) in [5.41, 5.74) is 2.35. The number of aryl methyl sites for hydroxylation is 2. The Labute approximate surface area is 113 Å². The molecule has 0 aliphatic carbocycles. The number of benzene rings is 1. The number of hydrogen-bond acceptors (Lipinski definition) is 3. The largest absolute Gasteiger partial charge is 0.281 e. The van der Waals surface area contributed by atoms with Gasteiger partial charge >= 0.3 is 0 Å². The van der Waals surface area contributed by atoms with Gasteiger partial charge in [-0.2, -0.15) is 5.10 Å². The van der Waals surface area contributed by atoms with E-state index < -0.39 is 10.0 Å². The highest BCUT2D eigenvalue weighted by Gasteiger charge is 2.24. The van der Waals surface area contributed by atoms with E-state index in [4.69, 9.17) is 0 Å². The molecule has 5 nitrogen and oxygen atoms in total. The predicted octanol–water partition coefficient (Wildman–Crippen LogP) is 2.11. The molecule has 0 unspecified atom stereocenters. The summed E-state index contributed by atoms with van der Waals surface area (Å²) in [7, 11) is -2.01. The standard InChI is InChI=1S/C13H17N3O2S/c1-4-11-5-7-12(8-6-11)16(3)19(17,18)13-9-14-15-10(13)2/h5-9H,4H2,1-3H3,(H,14,15). The number of nitrogens with one attached hydrogen (secondary N) is 1. The van der Waals surface area contributed by atoms with Crippen LogP contribution in [0.4, 0.5) is 5.69 Å². The van der Waals surface area contributed by atoms with Crippen LogP contribution in [-0.2, 0) is 16.4 Å². The Bertz CT molecular complexity index is 659. The second kappa shape index (κ2) is 5.05. The molecule has 1 aromatic carbocycles. The molecule has 0 saturated carbocycles. The van der Waals surface area contributed by atoms with Crippen molar-refractivity contribution in [2.45, 2.75) is 25.2 Å². The first-order chi connectivity index (χ1) is 8.96. The normalized spacial score (nSPS) is 11.5. The van der Waals surface area contributed by atoms with Crippen molar-refractivity contribution >= 4 is 15.7 Å². The SMILES string of the molecule is CCc1ccc(N(C)S(=O)(=O)c2cn[nH]c2C)cc1. The molecule has 0 radical (unpaired) electrons. The maximum Gasteiger partial charge on any atom is 0.267 e. The number of sulfonamides is 1. The number of anilines is 1. The van der Waals surface area contributed by atoms with Crippen molar-refractivity contribution in [1.29, 1.82) is 0 Å². The maximum absolute atomic E-state index is 12.4. The predicted molar refractivity (Wildman–Crippen MR) is 74.7 cm³/mol. The van der Waals surface area contributed by atoms with Crippen molar-refractivity contribution in [3.05, 3.63) is 41.7 Å². The van der Waals surface area contributed by atoms with Gasteiger partial charge in [-0.05, 0) is 31.0 Å². The third-order valence-corrected chi connectivity index (χ3v) is 5.03. The third-order valence-electron chi connectivity index (χ3n) is 3.13. The van der Waals surface area contributed by atoms with E-state index in [1.807, 2.05) is 24.3 Å². The lowest BCUT2D eigenvalue weighted by Gasteiger charge is -2.19. The molecule has 1 heterocycles. The maximum atomic E-state index is 12.4. The van der Waals surface area contributed by atoms with Crippen LogP contribution in [-0.4, -0.2) is 25.7 Å². The van der Waals surface area contributed by atoms with E-state index in [-0.39, 0.29) is 4.90 Å². The summed E-state index contributed by atoms with van der Waals surface area (Å²) in [6.07, 6.45) is 2.26. The zero-order valence-electron chi connectivity index (χ0n) is 11.2. The van der Waals surface area contributed by atoms with E-state index in [1.165, 1.54) is 16.1 Å². The Morgan fingerprint density at radius 3 is 2.37 bits per heavy atom. The lowest BCUT2D eigenvalue weighted by molar-refractivity contribution is 0.594. The van der Waals surface area contributed by atoms with E-state index >= 15 is 0 Å². The molecule has 0 fully saturated rings.